The van der Waals surface area contributed by atoms with Gasteiger partial charge < -0.3 is 9.64 Å². The Bertz CT molecular complexity index is 1230. The van der Waals surface area contributed by atoms with Crippen molar-refractivity contribution in [2.45, 2.75) is 43.9 Å². The van der Waals surface area contributed by atoms with Gasteiger partial charge in [-0.25, -0.2) is 8.78 Å². The standard InChI is InChI=1S/C25H29F2N3O4S/c1-29(2)35(32,33)28-23-20(30(15-25(23)9-10-25)24(31)21-8-11-34-21)13-17-12-18(26)14-19(22(17)27)16-6-4-3-5-7-16/h3-7,12,14,20-21,23,28H,8-11,13,15H2,1-2H3/t20-,21?,23+/m0/s1. The van der Waals surface area contributed by atoms with Gasteiger partial charge in [0.25, 0.3) is 16.1 Å². The number of hydrogen-bond acceptors (Lipinski definition) is 4. The van der Waals surface area contributed by atoms with E-state index in [4.69, 9.17) is 4.74 Å². The Morgan fingerprint density at radius 3 is 2.46 bits per heavy atom. The summed E-state index contributed by atoms with van der Waals surface area (Å²) in [5.41, 5.74) is 0.356. The van der Waals surface area contributed by atoms with Crippen molar-refractivity contribution in [2.24, 2.45) is 5.41 Å². The summed E-state index contributed by atoms with van der Waals surface area (Å²) >= 11 is 0. The van der Waals surface area contributed by atoms with E-state index in [1.165, 1.54) is 14.1 Å². The first-order chi connectivity index (χ1) is 16.6. The molecule has 10 heteroatoms. The maximum atomic E-state index is 15.7. The van der Waals surface area contributed by atoms with Gasteiger partial charge in [-0.05, 0) is 42.5 Å². The Morgan fingerprint density at radius 2 is 1.89 bits per heavy atom. The van der Waals surface area contributed by atoms with Crippen LogP contribution >= 0.6 is 0 Å². The van der Waals surface area contributed by atoms with Crippen LogP contribution in [0, 0.1) is 17.0 Å². The molecule has 1 unspecified atom stereocenters. The smallest absolute Gasteiger partial charge is 0.279 e. The molecule has 7 nitrogen and oxygen atoms in total. The molecule has 2 aliphatic heterocycles. The van der Waals surface area contributed by atoms with Gasteiger partial charge in [-0.15, -0.1) is 0 Å². The maximum absolute atomic E-state index is 15.7. The van der Waals surface area contributed by atoms with E-state index < -0.39 is 45.4 Å². The third-order valence-electron chi connectivity index (χ3n) is 7.46. The van der Waals surface area contributed by atoms with E-state index in [1.54, 1.807) is 35.2 Å². The monoisotopic (exact) mass is 505 g/mol. The normalized spacial score (nSPS) is 25.2. The van der Waals surface area contributed by atoms with Crippen LogP contribution in [0.3, 0.4) is 0 Å². The lowest BCUT2D eigenvalue weighted by molar-refractivity contribution is -0.157. The Kier molecular flexibility index (Phi) is 6.19. The van der Waals surface area contributed by atoms with E-state index in [2.05, 4.69) is 4.72 Å². The highest BCUT2D eigenvalue weighted by Gasteiger charge is 2.62. The zero-order valence-corrected chi connectivity index (χ0v) is 20.5. The number of likely N-dealkylation sites (tertiary alicyclic amines) is 1. The maximum Gasteiger partial charge on any atom is 0.279 e. The number of carbonyl (C=O) groups is 1. The van der Waals surface area contributed by atoms with Crippen LogP contribution in [0.15, 0.2) is 42.5 Å². The first kappa shape index (κ1) is 24.3. The van der Waals surface area contributed by atoms with Gasteiger partial charge in [0.05, 0.1) is 18.7 Å². The van der Waals surface area contributed by atoms with E-state index in [0.29, 0.717) is 25.1 Å². The Morgan fingerprint density at radius 1 is 1.20 bits per heavy atom. The number of nitrogens with zero attached hydrogens (tertiary/aromatic N) is 2. The minimum atomic E-state index is -3.82. The summed E-state index contributed by atoms with van der Waals surface area (Å²) < 4.78 is 65.2. The lowest BCUT2D eigenvalue weighted by Gasteiger charge is -2.34. The third kappa shape index (κ3) is 4.48. The number of carbonyl (C=O) groups excluding carboxylic acids is 1. The molecule has 3 atom stereocenters. The molecule has 1 saturated carbocycles. The topological polar surface area (TPSA) is 79.0 Å². The summed E-state index contributed by atoms with van der Waals surface area (Å²) in [4.78, 5) is 14.9. The lowest BCUT2D eigenvalue weighted by atomic mass is 9.91. The van der Waals surface area contributed by atoms with Crippen molar-refractivity contribution in [3.63, 3.8) is 0 Å². The molecule has 188 valence electrons. The number of halogens is 2. The van der Waals surface area contributed by atoms with Crippen molar-refractivity contribution in [1.29, 1.82) is 0 Å². The summed E-state index contributed by atoms with van der Waals surface area (Å²) in [6, 6.07) is 9.69. The highest BCUT2D eigenvalue weighted by atomic mass is 32.2. The molecule has 3 fully saturated rings. The number of ether oxygens (including phenoxy) is 1. The van der Waals surface area contributed by atoms with Crippen molar-refractivity contribution in [3.8, 4) is 11.1 Å². The predicted octanol–water partition coefficient (Wildman–Crippen LogP) is 2.72. The fraction of sp³-hybridized carbons (Fsp3) is 0.480. The number of hydrogen-bond donors (Lipinski definition) is 1. The van der Waals surface area contributed by atoms with Crippen LogP contribution in [0.1, 0.15) is 24.8 Å². The van der Waals surface area contributed by atoms with Gasteiger partial charge in [-0.2, -0.15) is 17.4 Å². The van der Waals surface area contributed by atoms with Crippen LogP contribution in [0.4, 0.5) is 8.78 Å². The Balaban J connectivity index is 1.54. The molecule has 0 bridgehead atoms. The minimum Gasteiger partial charge on any atom is -0.368 e. The zero-order chi connectivity index (χ0) is 25.0. The summed E-state index contributed by atoms with van der Waals surface area (Å²) in [6.45, 7) is 0.856. The van der Waals surface area contributed by atoms with Crippen molar-refractivity contribution in [1.82, 2.24) is 13.9 Å². The van der Waals surface area contributed by atoms with Crippen LogP contribution in [-0.2, 0) is 26.2 Å². The fourth-order valence-electron chi connectivity index (χ4n) is 5.17. The Hall–Kier alpha value is -2.40. The molecule has 35 heavy (non-hydrogen) atoms. The molecule has 1 N–H and O–H groups in total. The summed E-state index contributed by atoms with van der Waals surface area (Å²) in [7, 11) is -0.970. The van der Waals surface area contributed by atoms with Crippen molar-refractivity contribution < 1.29 is 26.7 Å². The average Bonchev–Trinajstić information content (AvgIpc) is 3.50. The highest BCUT2D eigenvalue weighted by Crippen LogP contribution is 2.56. The molecule has 5 rings (SSSR count). The zero-order valence-electron chi connectivity index (χ0n) is 19.7. The quantitative estimate of drug-likeness (QED) is 0.628. The number of amides is 1. The van der Waals surface area contributed by atoms with E-state index in [-0.39, 0.29) is 23.5 Å². The number of rotatable bonds is 7. The van der Waals surface area contributed by atoms with Crippen LogP contribution < -0.4 is 4.72 Å². The third-order valence-corrected chi connectivity index (χ3v) is 8.98. The highest BCUT2D eigenvalue weighted by molar-refractivity contribution is 7.87. The molecule has 1 spiro atoms. The second kappa shape index (κ2) is 8.92. The molecule has 0 radical (unpaired) electrons. The first-order valence-corrected chi connectivity index (χ1v) is 13.2. The van der Waals surface area contributed by atoms with Crippen molar-refractivity contribution in [2.75, 3.05) is 27.2 Å². The Labute approximate surface area is 204 Å². The first-order valence-electron chi connectivity index (χ1n) is 11.8. The molecule has 1 amide bonds. The SMILES string of the molecule is CN(C)S(=O)(=O)N[C@@H]1[C@H](Cc2cc(F)cc(-c3ccccc3)c2F)N(C(=O)C2CCO2)CC12CC2. The van der Waals surface area contributed by atoms with Gasteiger partial charge in [-0.3, -0.25) is 4.79 Å². The van der Waals surface area contributed by atoms with E-state index >= 15 is 4.39 Å². The van der Waals surface area contributed by atoms with Gasteiger partial charge in [0.1, 0.15) is 17.7 Å². The minimum absolute atomic E-state index is 0.0236. The average molecular weight is 506 g/mol. The second-order valence-corrected chi connectivity index (χ2v) is 11.8. The van der Waals surface area contributed by atoms with Crippen LogP contribution in [-0.4, -0.2) is 69.0 Å². The van der Waals surface area contributed by atoms with E-state index in [9.17, 15) is 17.6 Å². The second-order valence-electron chi connectivity index (χ2n) is 9.92. The summed E-state index contributed by atoms with van der Waals surface area (Å²) in [6.07, 6.45) is 1.50. The molecule has 3 aliphatic rings. The molecular formula is C25H29F2N3O4S. The number of benzene rings is 2. The molecule has 1 aliphatic carbocycles. The molecule has 2 aromatic carbocycles. The molecular weight excluding hydrogens is 476 g/mol. The van der Waals surface area contributed by atoms with Gasteiger partial charge >= 0.3 is 0 Å². The summed E-state index contributed by atoms with van der Waals surface area (Å²) in [5.74, 6) is -1.39. The van der Waals surface area contributed by atoms with Crippen LogP contribution in [0.25, 0.3) is 11.1 Å². The number of nitrogens with one attached hydrogen (secondary N) is 1. The fourth-order valence-corrected chi connectivity index (χ4v) is 6.11. The molecule has 2 heterocycles. The van der Waals surface area contributed by atoms with Gasteiger partial charge in [-0.1, -0.05) is 30.3 Å². The van der Waals surface area contributed by atoms with Gasteiger partial charge in [0.15, 0.2) is 0 Å². The van der Waals surface area contributed by atoms with Gasteiger partial charge in [0, 0.05) is 38.0 Å². The van der Waals surface area contributed by atoms with Crippen LogP contribution in [0.2, 0.25) is 0 Å². The summed E-state index contributed by atoms with van der Waals surface area (Å²) in [5, 5.41) is 0. The van der Waals surface area contributed by atoms with Crippen molar-refractivity contribution in [3.05, 3.63) is 59.7 Å². The van der Waals surface area contributed by atoms with E-state index in [0.717, 1.165) is 29.3 Å². The molecule has 0 aromatic heterocycles. The van der Waals surface area contributed by atoms with Crippen LogP contribution in [0.5, 0.6) is 0 Å². The van der Waals surface area contributed by atoms with E-state index in [1.807, 2.05) is 0 Å². The molecule has 2 saturated heterocycles. The van der Waals surface area contributed by atoms with Gasteiger partial charge in [0.2, 0.25) is 0 Å². The largest absolute Gasteiger partial charge is 0.368 e. The lowest BCUT2D eigenvalue weighted by Crippen LogP contribution is -2.54. The van der Waals surface area contributed by atoms with Crippen molar-refractivity contribution >= 4 is 16.1 Å². The molecule has 2 aromatic rings. The predicted molar refractivity (Wildman–Crippen MR) is 127 cm³/mol.